The molecule has 0 aliphatic heterocycles. The highest BCUT2D eigenvalue weighted by atomic mass is 79.9. The zero-order valence-corrected chi connectivity index (χ0v) is 16.3. The van der Waals surface area contributed by atoms with E-state index in [4.69, 9.17) is 5.14 Å². The molecule has 2 N–H and O–H groups in total. The molecule has 8 heteroatoms. The van der Waals surface area contributed by atoms with Gasteiger partial charge in [0.2, 0.25) is 10.0 Å². The SMILES string of the molecule is Cc1ccc2c(ncc3ccn(Cc4ccc(S(N)(=O)=O)cc4Br)c32)n1. The van der Waals surface area contributed by atoms with E-state index in [9.17, 15) is 8.42 Å². The van der Waals surface area contributed by atoms with Gasteiger partial charge in [-0.05, 0) is 42.8 Å². The minimum atomic E-state index is -3.73. The lowest BCUT2D eigenvalue weighted by atomic mass is 10.2. The van der Waals surface area contributed by atoms with Crippen molar-refractivity contribution in [2.75, 3.05) is 0 Å². The van der Waals surface area contributed by atoms with Gasteiger partial charge >= 0.3 is 0 Å². The van der Waals surface area contributed by atoms with Gasteiger partial charge in [-0.3, -0.25) is 0 Å². The molecule has 0 bridgehead atoms. The van der Waals surface area contributed by atoms with Crippen molar-refractivity contribution >= 4 is 47.9 Å². The molecule has 0 saturated carbocycles. The summed E-state index contributed by atoms with van der Waals surface area (Å²) >= 11 is 3.45. The van der Waals surface area contributed by atoms with E-state index in [0.717, 1.165) is 27.5 Å². The van der Waals surface area contributed by atoms with Crippen molar-refractivity contribution in [2.24, 2.45) is 5.14 Å². The van der Waals surface area contributed by atoms with Gasteiger partial charge in [0.25, 0.3) is 0 Å². The van der Waals surface area contributed by atoms with E-state index in [1.165, 1.54) is 12.1 Å². The lowest BCUT2D eigenvalue weighted by molar-refractivity contribution is 0.597. The summed E-state index contributed by atoms with van der Waals surface area (Å²) in [6.07, 6.45) is 3.81. The van der Waals surface area contributed by atoms with Crippen LogP contribution in [0, 0.1) is 6.92 Å². The van der Waals surface area contributed by atoms with Crippen LogP contribution in [0.4, 0.5) is 0 Å². The number of pyridine rings is 2. The average Bonchev–Trinajstić information content (AvgIpc) is 2.98. The number of fused-ring (bicyclic) bond motifs is 3. The molecule has 6 nitrogen and oxygen atoms in total. The normalized spacial score (nSPS) is 12.1. The Morgan fingerprint density at radius 1 is 1.19 bits per heavy atom. The largest absolute Gasteiger partial charge is 0.342 e. The van der Waals surface area contributed by atoms with Crippen molar-refractivity contribution in [1.29, 1.82) is 0 Å². The van der Waals surface area contributed by atoms with E-state index in [-0.39, 0.29) is 4.90 Å². The Labute approximate surface area is 158 Å². The molecule has 0 unspecified atom stereocenters. The van der Waals surface area contributed by atoms with Crippen molar-refractivity contribution in [1.82, 2.24) is 14.5 Å². The van der Waals surface area contributed by atoms with Crippen LogP contribution < -0.4 is 5.14 Å². The summed E-state index contributed by atoms with van der Waals surface area (Å²) in [6.45, 7) is 2.51. The van der Waals surface area contributed by atoms with E-state index in [0.29, 0.717) is 16.7 Å². The molecule has 0 amide bonds. The zero-order chi connectivity index (χ0) is 18.5. The molecular weight excluding hydrogens is 416 g/mol. The number of hydrogen-bond donors (Lipinski definition) is 1. The molecule has 1 aromatic carbocycles. The van der Waals surface area contributed by atoms with E-state index in [2.05, 4.69) is 30.5 Å². The Morgan fingerprint density at radius 2 is 2.00 bits per heavy atom. The fourth-order valence-corrected chi connectivity index (χ4v) is 4.20. The quantitative estimate of drug-likeness (QED) is 0.539. The zero-order valence-electron chi connectivity index (χ0n) is 13.8. The van der Waals surface area contributed by atoms with Gasteiger partial charge in [0.05, 0.1) is 10.4 Å². The second-order valence-electron chi connectivity index (χ2n) is 6.13. The number of benzene rings is 1. The Balaban J connectivity index is 1.83. The summed E-state index contributed by atoms with van der Waals surface area (Å²) < 4.78 is 25.8. The highest BCUT2D eigenvalue weighted by molar-refractivity contribution is 9.10. The van der Waals surface area contributed by atoms with Crippen LogP contribution in [-0.2, 0) is 16.6 Å². The molecule has 3 aromatic heterocycles. The van der Waals surface area contributed by atoms with Crippen molar-refractivity contribution in [3.05, 3.63) is 64.5 Å². The smallest absolute Gasteiger partial charge is 0.238 e. The first-order chi connectivity index (χ1) is 12.3. The van der Waals surface area contributed by atoms with Gasteiger partial charge in [-0.1, -0.05) is 22.0 Å². The van der Waals surface area contributed by atoms with Crippen molar-refractivity contribution in [3.8, 4) is 0 Å². The maximum Gasteiger partial charge on any atom is 0.238 e. The lowest BCUT2D eigenvalue weighted by Gasteiger charge is -2.10. The van der Waals surface area contributed by atoms with Crippen LogP contribution >= 0.6 is 15.9 Å². The van der Waals surface area contributed by atoms with Gasteiger partial charge in [-0.25, -0.2) is 23.5 Å². The first-order valence-electron chi connectivity index (χ1n) is 7.85. The molecule has 132 valence electrons. The van der Waals surface area contributed by atoms with Crippen LogP contribution in [0.3, 0.4) is 0 Å². The minimum Gasteiger partial charge on any atom is -0.342 e. The predicted octanol–water partition coefficient (Wildman–Crippen LogP) is 3.35. The maximum absolute atomic E-state index is 11.5. The van der Waals surface area contributed by atoms with Gasteiger partial charge in [-0.15, -0.1) is 0 Å². The summed E-state index contributed by atoms with van der Waals surface area (Å²) in [4.78, 5) is 9.01. The van der Waals surface area contributed by atoms with Crippen LogP contribution in [0.15, 0.2) is 58.2 Å². The summed E-state index contributed by atoms with van der Waals surface area (Å²) in [6, 6.07) is 10.8. The Hall–Kier alpha value is -2.29. The molecule has 4 rings (SSSR count). The summed E-state index contributed by atoms with van der Waals surface area (Å²) in [5, 5.41) is 7.20. The Morgan fingerprint density at radius 3 is 2.73 bits per heavy atom. The van der Waals surface area contributed by atoms with Crippen molar-refractivity contribution < 1.29 is 8.42 Å². The highest BCUT2D eigenvalue weighted by Gasteiger charge is 2.13. The summed E-state index contributed by atoms with van der Waals surface area (Å²) in [5.74, 6) is 0. The maximum atomic E-state index is 11.5. The van der Waals surface area contributed by atoms with Crippen molar-refractivity contribution in [3.63, 3.8) is 0 Å². The fraction of sp³-hybridized carbons (Fsp3) is 0.111. The minimum absolute atomic E-state index is 0.0832. The third kappa shape index (κ3) is 3.00. The number of hydrogen-bond acceptors (Lipinski definition) is 4. The molecule has 0 aliphatic rings. The number of aromatic nitrogens is 3. The van der Waals surface area contributed by atoms with Crippen LogP contribution in [0.1, 0.15) is 11.3 Å². The monoisotopic (exact) mass is 430 g/mol. The van der Waals surface area contributed by atoms with Gasteiger partial charge in [0.1, 0.15) is 0 Å². The van der Waals surface area contributed by atoms with Gasteiger partial charge < -0.3 is 4.57 Å². The van der Waals surface area contributed by atoms with Gasteiger partial charge in [0.15, 0.2) is 5.65 Å². The molecule has 0 spiro atoms. The van der Waals surface area contributed by atoms with Gasteiger partial charge in [0, 0.05) is 39.9 Å². The first kappa shape index (κ1) is 17.1. The van der Waals surface area contributed by atoms with Crippen LogP contribution in [0.2, 0.25) is 0 Å². The van der Waals surface area contributed by atoms with Crippen LogP contribution in [0.5, 0.6) is 0 Å². The topological polar surface area (TPSA) is 90.9 Å². The number of rotatable bonds is 3. The fourth-order valence-electron chi connectivity index (χ4n) is 3.01. The molecule has 0 saturated heterocycles. The number of primary sulfonamides is 1. The number of sulfonamides is 1. The Kier molecular flexibility index (Phi) is 4.06. The summed E-state index contributed by atoms with van der Waals surface area (Å²) in [5.41, 5.74) is 3.62. The molecule has 4 aromatic rings. The predicted molar refractivity (Wildman–Crippen MR) is 104 cm³/mol. The standard InChI is InChI=1S/C18H15BrN4O2S/c1-11-2-5-15-17-12(9-21-18(15)22-11)6-7-23(17)10-13-3-4-14(8-16(13)19)26(20,24)25/h2-9H,10H2,1H3,(H2,20,24,25). The number of nitrogens with zero attached hydrogens (tertiary/aromatic N) is 3. The summed E-state index contributed by atoms with van der Waals surface area (Å²) in [7, 11) is -3.73. The van der Waals surface area contributed by atoms with Crippen LogP contribution in [-0.4, -0.2) is 23.0 Å². The molecule has 0 fully saturated rings. The average molecular weight is 431 g/mol. The van der Waals surface area contributed by atoms with Crippen LogP contribution in [0.25, 0.3) is 21.9 Å². The molecule has 0 radical (unpaired) electrons. The first-order valence-corrected chi connectivity index (χ1v) is 10.2. The highest BCUT2D eigenvalue weighted by Crippen LogP contribution is 2.27. The molecule has 26 heavy (non-hydrogen) atoms. The second-order valence-corrected chi connectivity index (χ2v) is 8.54. The van der Waals surface area contributed by atoms with E-state index >= 15 is 0 Å². The molecule has 3 heterocycles. The number of nitrogens with two attached hydrogens (primary N) is 1. The van der Waals surface area contributed by atoms with E-state index < -0.39 is 10.0 Å². The number of halogens is 1. The van der Waals surface area contributed by atoms with Crippen molar-refractivity contribution in [2.45, 2.75) is 18.4 Å². The van der Waals surface area contributed by atoms with Gasteiger partial charge in [-0.2, -0.15) is 0 Å². The third-order valence-corrected chi connectivity index (χ3v) is 5.93. The molecule has 0 atom stereocenters. The number of aryl methyl sites for hydroxylation is 1. The third-order valence-electron chi connectivity index (χ3n) is 4.28. The van der Waals surface area contributed by atoms with E-state index in [1.54, 1.807) is 6.07 Å². The van der Waals surface area contributed by atoms with E-state index in [1.807, 2.05) is 37.5 Å². The molecule has 0 aliphatic carbocycles. The second kappa shape index (κ2) is 6.15. The Bertz CT molecular complexity index is 1270. The molecular formula is C18H15BrN4O2S. The lowest BCUT2D eigenvalue weighted by Crippen LogP contribution is -2.12.